The van der Waals surface area contributed by atoms with E-state index >= 15 is 0 Å². The Balaban J connectivity index is 2.86. The van der Waals surface area contributed by atoms with Gasteiger partial charge in [-0.3, -0.25) is 0 Å². The van der Waals surface area contributed by atoms with E-state index in [1.807, 2.05) is 36.2 Å². The van der Waals surface area contributed by atoms with Crippen molar-refractivity contribution in [2.24, 2.45) is 0 Å². The number of rotatable bonds is 4. The Morgan fingerprint density at radius 1 is 1.43 bits per heavy atom. The van der Waals surface area contributed by atoms with Crippen LogP contribution in [-0.2, 0) is 0 Å². The van der Waals surface area contributed by atoms with Crippen LogP contribution in [0, 0.1) is 6.92 Å². The third-order valence-electron chi connectivity index (χ3n) is 2.00. The first kappa shape index (κ1) is 10.8. The number of aliphatic hydroxyl groups is 1. The molecule has 0 saturated carbocycles. The van der Waals surface area contributed by atoms with E-state index in [0.29, 0.717) is 6.54 Å². The standard InChI is InChI=1S/C12H17NO/c1-3-7-13(8-9-14)12-6-4-5-11(2)10-12/h3-7,10,14H,8-9H2,1-2H3. The summed E-state index contributed by atoms with van der Waals surface area (Å²) < 4.78 is 0. The molecule has 1 aromatic rings. The molecule has 0 amide bonds. The van der Waals surface area contributed by atoms with Gasteiger partial charge < -0.3 is 10.0 Å². The lowest BCUT2D eigenvalue weighted by molar-refractivity contribution is 0.305. The number of aliphatic hydroxyl groups excluding tert-OH is 1. The molecular weight excluding hydrogens is 174 g/mol. The van der Waals surface area contributed by atoms with E-state index in [2.05, 4.69) is 19.1 Å². The molecule has 0 spiro atoms. The van der Waals surface area contributed by atoms with Gasteiger partial charge in [-0.1, -0.05) is 18.2 Å². The summed E-state index contributed by atoms with van der Waals surface area (Å²) in [6.45, 7) is 4.84. The van der Waals surface area contributed by atoms with Crippen molar-refractivity contribution >= 4 is 5.69 Å². The third kappa shape index (κ3) is 2.89. The first-order valence-electron chi connectivity index (χ1n) is 4.85. The SMILES string of the molecule is CC=CN(CCO)c1cccc(C)c1. The molecule has 14 heavy (non-hydrogen) atoms. The molecule has 0 saturated heterocycles. The van der Waals surface area contributed by atoms with Gasteiger partial charge in [0.05, 0.1) is 6.61 Å². The van der Waals surface area contributed by atoms with Crippen LogP contribution in [0.3, 0.4) is 0 Å². The Kier molecular flexibility index (Phi) is 4.20. The van der Waals surface area contributed by atoms with E-state index in [0.717, 1.165) is 5.69 Å². The van der Waals surface area contributed by atoms with Crippen LogP contribution in [0.1, 0.15) is 12.5 Å². The van der Waals surface area contributed by atoms with Crippen molar-refractivity contribution in [1.82, 2.24) is 0 Å². The molecule has 1 aromatic carbocycles. The van der Waals surface area contributed by atoms with Crippen LogP contribution in [0.2, 0.25) is 0 Å². The number of benzene rings is 1. The summed E-state index contributed by atoms with van der Waals surface area (Å²) in [5, 5.41) is 8.92. The zero-order valence-electron chi connectivity index (χ0n) is 8.77. The van der Waals surface area contributed by atoms with Gasteiger partial charge in [0.15, 0.2) is 0 Å². The quantitative estimate of drug-likeness (QED) is 0.789. The molecule has 0 bridgehead atoms. The minimum absolute atomic E-state index is 0.165. The van der Waals surface area contributed by atoms with Gasteiger partial charge in [-0.15, -0.1) is 0 Å². The number of allylic oxidation sites excluding steroid dienone is 1. The van der Waals surface area contributed by atoms with Crippen LogP contribution >= 0.6 is 0 Å². The molecule has 1 rings (SSSR count). The monoisotopic (exact) mass is 191 g/mol. The minimum Gasteiger partial charge on any atom is -0.395 e. The van der Waals surface area contributed by atoms with Gasteiger partial charge in [-0.25, -0.2) is 0 Å². The van der Waals surface area contributed by atoms with E-state index in [4.69, 9.17) is 5.11 Å². The highest BCUT2D eigenvalue weighted by Gasteiger charge is 2.00. The fourth-order valence-corrected chi connectivity index (χ4v) is 1.38. The third-order valence-corrected chi connectivity index (χ3v) is 2.00. The summed E-state index contributed by atoms with van der Waals surface area (Å²) in [5.41, 5.74) is 2.35. The summed E-state index contributed by atoms with van der Waals surface area (Å²) in [4.78, 5) is 2.03. The molecule has 0 fully saturated rings. The van der Waals surface area contributed by atoms with E-state index < -0.39 is 0 Å². The number of aryl methyl sites for hydroxylation is 1. The Morgan fingerprint density at radius 3 is 2.79 bits per heavy atom. The lowest BCUT2D eigenvalue weighted by Crippen LogP contribution is -2.19. The van der Waals surface area contributed by atoms with Gasteiger partial charge in [0.2, 0.25) is 0 Å². The number of hydrogen-bond donors (Lipinski definition) is 1. The molecule has 0 aliphatic heterocycles. The van der Waals surface area contributed by atoms with Gasteiger partial charge >= 0.3 is 0 Å². The van der Waals surface area contributed by atoms with Crippen LogP contribution in [0.15, 0.2) is 36.5 Å². The highest BCUT2D eigenvalue weighted by atomic mass is 16.3. The Labute approximate surface area is 85.5 Å². The zero-order valence-corrected chi connectivity index (χ0v) is 8.77. The predicted molar refractivity (Wildman–Crippen MR) is 60.4 cm³/mol. The van der Waals surface area contributed by atoms with Gasteiger partial charge in [0.25, 0.3) is 0 Å². The van der Waals surface area contributed by atoms with Gasteiger partial charge in [-0.2, -0.15) is 0 Å². The first-order chi connectivity index (χ1) is 6.77. The second kappa shape index (κ2) is 5.45. The lowest BCUT2D eigenvalue weighted by atomic mass is 10.2. The molecule has 0 aromatic heterocycles. The van der Waals surface area contributed by atoms with Crippen molar-refractivity contribution < 1.29 is 5.11 Å². The summed E-state index contributed by atoms with van der Waals surface area (Å²) in [6, 6.07) is 8.24. The van der Waals surface area contributed by atoms with E-state index in [1.165, 1.54) is 5.56 Å². The van der Waals surface area contributed by atoms with Crippen molar-refractivity contribution in [3.63, 3.8) is 0 Å². The Hall–Kier alpha value is -1.28. The maximum absolute atomic E-state index is 8.92. The van der Waals surface area contributed by atoms with Crippen molar-refractivity contribution in [3.8, 4) is 0 Å². The number of hydrogen-bond acceptors (Lipinski definition) is 2. The summed E-state index contributed by atoms with van der Waals surface area (Å²) in [7, 11) is 0. The normalized spacial score (nSPS) is 10.8. The fraction of sp³-hybridized carbons (Fsp3) is 0.333. The Bertz CT molecular complexity index is 307. The molecule has 0 aliphatic carbocycles. The zero-order chi connectivity index (χ0) is 10.4. The van der Waals surface area contributed by atoms with Gasteiger partial charge in [0.1, 0.15) is 0 Å². The molecule has 2 nitrogen and oxygen atoms in total. The average molecular weight is 191 g/mol. The van der Waals surface area contributed by atoms with Crippen LogP contribution in [-0.4, -0.2) is 18.3 Å². The summed E-state index contributed by atoms with van der Waals surface area (Å²) in [6.07, 6.45) is 3.95. The molecule has 0 atom stereocenters. The molecule has 1 N–H and O–H groups in total. The van der Waals surface area contributed by atoms with Crippen molar-refractivity contribution in [3.05, 3.63) is 42.1 Å². The highest BCUT2D eigenvalue weighted by molar-refractivity contribution is 5.50. The van der Waals surface area contributed by atoms with Gasteiger partial charge in [0, 0.05) is 12.2 Å². The van der Waals surface area contributed by atoms with Crippen molar-refractivity contribution in [2.75, 3.05) is 18.1 Å². The fourth-order valence-electron chi connectivity index (χ4n) is 1.38. The van der Waals surface area contributed by atoms with Crippen molar-refractivity contribution in [2.45, 2.75) is 13.8 Å². The smallest absolute Gasteiger partial charge is 0.0610 e. The molecule has 76 valence electrons. The van der Waals surface area contributed by atoms with Crippen LogP contribution < -0.4 is 4.90 Å². The van der Waals surface area contributed by atoms with E-state index in [-0.39, 0.29) is 6.61 Å². The van der Waals surface area contributed by atoms with Crippen LogP contribution in [0.25, 0.3) is 0 Å². The number of nitrogens with zero attached hydrogens (tertiary/aromatic N) is 1. The number of anilines is 1. The van der Waals surface area contributed by atoms with E-state index in [1.54, 1.807) is 0 Å². The summed E-state index contributed by atoms with van der Waals surface area (Å²) in [5.74, 6) is 0. The maximum atomic E-state index is 8.92. The molecule has 2 heteroatoms. The topological polar surface area (TPSA) is 23.5 Å². The molecule has 0 heterocycles. The molecular formula is C12H17NO. The molecule has 0 unspecified atom stereocenters. The van der Waals surface area contributed by atoms with Crippen molar-refractivity contribution in [1.29, 1.82) is 0 Å². The molecule has 0 radical (unpaired) electrons. The Morgan fingerprint density at radius 2 is 2.21 bits per heavy atom. The van der Waals surface area contributed by atoms with Crippen LogP contribution in [0.4, 0.5) is 5.69 Å². The minimum atomic E-state index is 0.165. The maximum Gasteiger partial charge on any atom is 0.0610 e. The summed E-state index contributed by atoms with van der Waals surface area (Å²) >= 11 is 0. The lowest BCUT2D eigenvalue weighted by Gasteiger charge is -2.19. The highest BCUT2D eigenvalue weighted by Crippen LogP contribution is 2.15. The first-order valence-corrected chi connectivity index (χ1v) is 4.85. The second-order valence-electron chi connectivity index (χ2n) is 3.24. The average Bonchev–Trinajstić information content (AvgIpc) is 2.17. The van der Waals surface area contributed by atoms with E-state index in [9.17, 15) is 0 Å². The van der Waals surface area contributed by atoms with Gasteiger partial charge in [-0.05, 0) is 37.7 Å². The second-order valence-corrected chi connectivity index (χ2v) is 3.24. The molecule has 0 aliphatic rings. The van der Waals surface area contributed by atoms with Crippen LogP contribution in [0.5, 0.6) is 0 Å². The largest absolute Gasteiger partial charge is 0.395 e. The predicted octanol–water partition coefficient (Wildman–Crippen LogP) is 2.33.